The molecule has 0 radical (unpaired) electrons. The summed E-state index contributed by atoms with van der Waals surface area (Å²) in [5.74, 6) is 0. The first kappa shape index (κ1) is 17.0. The van der Waals surface area contributed by atoms with E-state index >= 15 is 0 Å². The van der Waals surface area contributed by atoms with Gasteiger partial charge in [-0.25, -0.2) is 4.79 Å². The number of carbonyl (C=O) groups excluding carboxylic acids is 1. The Balaban J connectivity index is 1.49. The third kappa shape index (κ3) is 4.00. The highest BCUT2D eigenvalue weighted by molar-refractivity contribution is 5.69. The minimum Gasteiger partial charge on any atom is -0.444 e. The minimum absolute atomic E-state index is 0.0925. The van der Waals surface area contributed by atoms with Gasteiger partial charge in [0, 0.05) is 24.7 Å². The molecular weight excluding hydrogens is 290 g/mol. The second-order valence-electron chi connectivity index (χ2n) is 8.86. The van der Waals surface area contributed by atoms with Crippen LogP contribution in [-0.2, 0) is 4.74 Å². The Kier molecular flexibility index (Phi) is 4.62. The Bertz CT molecular complexity index is 428. The topological polar surface area (TPSA) is 53.6 Å². The van der Waals surface area contributed by atoms with E-state index in [1.165, 1.54) is 32.1 Å². The van der Waals surface area contributed by atoms with Gasteiger partial charge in [0.25, 0.3) is 0 Å². The van der Waals surface area contributed by atoms with Crippen molar-refractivity contribution < 1.29 is 9.53 Å². The van der Waals surface area contributed by atoms with E-state index in [0.29, 0.717) is 6.04 Å². The summed E-state index contributed by atoms with van der Waals surface area (Å²) >= 11 is 0. The average molecular weight is 323 g/mol. The quantitative estimate of drug-likeness (QED) is 0.835. The third-order valence-electron chi connectivity index (χ3n) is 5.90. The molecule has 3 rings (SSSR count). The molecule has 0 spiro atoms. The predicted molar refractivity (Wildman–Crippen MR) is 91.5 cm³/mol. The molecule has 2 atom stereocenters. The highest BCUT2D eigenvalue weighted by Crippen LogP contribution is 2.36. The third-order valence-corrected chi connectivity index (χ3v) is 5.90. The Morgan fingerprint density at radius 3 is 2.30 bits per heavy atom. The van der Waals surface area contributed by atoms with Gasteiger partial charge in [-0.1, -0.05) is 0 Å². The maximum atomic E-state index is 12.1. The lowest BCUT2D eigenvalue weighted by molar-refractivity contribution is 0.0371. The number of carbonyl (C=O) groups is 1. The molecule has 2 aliphatic heterocycles. The number of fused-ring (bicyclic) bond motifs is 2. The molecule has 1 amide bonds. The van der Waals surface area contributed by atoms with Crippen LogP contribution in [0.1, 0.15) is 65.7 Å². The zero-order chi connectivity index (χ0) is 16.7. The lowest BCUT2D eigenvalue weighted by Crippen LogP contribution is -2.61. The fraction of sp³-hybridized carbons (Fsp3) is 0.944. The number of rotatable bonds is 4. The smallest absolute Gasteiger partial charge is 0.408 e. The summed E-state index contributed by atoms with van der Waals surface area (Å²) in [5, 5.41) is 6.90. The standard InChI is InChI=1S/C18H33N3O2/c1-17(2,3)23-16(22)20-18(8-5-9-18)12-19-13-10-14-6-7-15(11-13)21(14)4/h13-15,19H,5-12H2,1-4H3,(H,20,22). The van der Waals surface area contributed by atoms with Crippen LogP contribution in [0.5, 0.6) is 0 Å². The van der Waals surface area contributed by atoms with Gasteiger partial charge in [0.2, 0.25) is 0 Å². The normalized spacial score (nSPS) is 33.1. The predicted octanol–water partition coefficient (Wildman–Crippen LogP) is 2.65. The SMILES string of the molecule is CN1C2CCC1CC(NCC1(NC(=O)OC(C)(C)C)CCC1)C2. The van der Waals surface area contributed by atoms with Crippen LogP contribution >= 0.6 is 0 Å². The van der Waals surface area contributed by atoms with Gasteiger partial charge in [0.15, 0.2) is 0 Å². The van der Waals surface area contributed by atoms with Crippen molar-refractivity contribution in [1.82, 2.24) is 15.5 Å². The second kappa shape index (κ2) is 6.25. The highest BCUT2D eigenvalue weighted by atomic mass is 16.6. The summed E-state index contributed by atoms with van der Waals surface area (Å²) in [7, 11) is 2.27. The summed E-state index contributed by atoms with van der Waals surface area (Å²) in [6.45, 7) is 6.60. The van der Waals surface area contributed by atoms with Crippen LogP contribution in [-0.4, -0.2) is 53.9 Å². The number of alkyl carbamates (subject to hydrolysis) is 1. The number of amides is 1. The molecule has 2 N–H and O–H groups in total. The number of hydrogen-bond donors (Lipinski definition) is 2. The molecule has 5 heteroatoms. The fourth-order valence-electron chi connectivity index (χ4n) is 4.39. The summed E-state index contributed by atoms with van der Waals surface area (Å²) in [4.78, 5) is 14.7. The van der Waals surface area contributed by atoms with Crippen molar-refractivity contribution in [3.8, 4) is 0 Å². The maximum absolute atomic E-state index is 12.1. The fourth-order valence-corrected chi connectivity index (χ4v) is 4.39. The van der Waals surface area contributed by atoms with Crippen LogP contribution in [0.2, 0.25) is 0 Å². The number of hydrogen-bond acceptors (Lipinski definition) is 4. The van der Waals surface area contributed by atoms with Crippen LogP contribution in [0.25, 0.3) is 0 Å². The van der Waals surface area contributed by atoms with Gasteiger partial charge in [-0.15, -0.1) is 0 Å². The zero-order valence-corrected chi connectivity index (χ0v) is 15.2. The Morgan fingerprint density at radius 1 is 1.22 bits per heavy atom. The molecule has 0 aromatic carbocycles. The number of nitrogens with zero attached hydrogens (tertiary/aromatic N) is 1. The molecule has 2 bridgehead atoms. The van der Waals surface area contributed by atoms with Crippen LogP contribution in [0, 0.1) is 0 Å². The molecule has 2 heterocycles. The maximum Gasteiger partial charge on any atom is 0.408 e. The number of piperidine rings is 1. The van der Waals surface area contributed by atoms with E-state index in [1.54, 1.807) is 0 Å². The Labute approximate surface area is 140 Å². The van der Waals surface area contributed by atoms with Gasteiger partial charge < -0.3 is 20.3 Å². The van der Waals surface area contributed by atoms with Gasteiger partial charge in [-0.3, -0.25) is 0 Å². The first-order chi connectivity index (χ1) is 10.8. The average Bonchev–Trinajstić information content (AvgIpc) is 2.62. The van der Waals surface area contributed by atoms with E-state index < -0.39 is 5.60 Å². The molecule has 0 aromatic heterocycles. The van der Waals surface area contributed by atoms with Crippen molar-refractivity contribution in [3.63, 3.8) is 0 Å². The number of nitrogens with one attached hydrogen (secondary N) is 2. The van der Waals surface area contributed by atoms with E-state index in [-0.39, 0.29) is 11.6 Å². The monoisotopic (exact) mass is 323 g/mol. The van der Waals surface area contributed by atoms with Crippen LogP contribution in [0.3, 0.4) is 0 Å². The van der Waals surface area contributed by atoms with Crippen molar-refractivity contribution in [2.45, 2.75) is 95.0 Å². The van der Waals surface area contributed by atoms with Crippen molar-refractivity contribution in [3.05, 3.63) is 0 Å². The Morgan fingerprint density at radius 2 is 1.83 bits per heavy atom. The van der Waals surface area contributed by atoms with E-state index in [2.05, 4.69) is 22.6 Å². The molecule has 3 fully saturated rings. The van der Waals surface area contributed by atoms with Crippen LogP contribution < -0.4 is 10.6 Å². The van der Waals surface area contributed by atoms with E-state index in [9.17, 15) is 4.79 Å². The molecule has 1 aliphatic carbocycles. The van der Waals surface area contributed by atoms with E-state index in [4.69, 9.17) is 4.74 Å². The minimum atomic E-state index is -0.435. The highest BCUT2D eigenvalue weighted by Gasteiger charge is 2.42. The molecule has 132 valence electrons. The first-order valence-electron chi connectivity index (χ1n) is 9.23. The van der Waals surface area contributed by atoms with Gasteiger partial charge in [-0.2, -0.15) is 0 Å². The molecule has 1 saturated carbocycles. The number of ether oxygens (including phenoxy) is 1. The van der Waals surface area contributed by atoms with E-state index in [1.807, 2.05) is 20.8 Å². The summed E-state index contributed by atoms with van der Waals surface area (Å²) in [5.41, 5.74) is -0.527. The molecule has 5 nitrogen and oxygen atoms in total. The van der Waals surface area contributed by atoms with Gasteiger partial charge in [-0.05, 0) is 72.8 Å². The van der Waals surface area contributed by atoms with Crippen LogP contribution in [0.15, 0.2) is 0 Å². The lowest BCUT2D eigenvalue weighted by Gasteiger charge is -2.45. The van der Waals surface area contributed by atoms with Crippen molar-refractivity contribution in [2.24, 2.45) is 0 Å². The molecule has 0 aromatic rings. The molecule has 23 heavy (non-hydrogen) atoms. The van der Waals surface area contributed by atoms with Gasteiger partial charge >= 0.3 is 6.09 Å². The summed E-state index contributed by atoms with van der Waals surface area (Å²) < 4.78 is 5.43. The first-order valence-corrected chi connectivity index (χ1v) is 9.23. The van der Waals surface area contributed by atoms with E-state index in [0.717, 1.165) is 31.5 Å². The van der Waals surface area contributed by atoms with Gasteiger partial charge in [0.05, 0.1) is 5.54 Å². The van der Waals surface area contributed by atoms with Crippen molar-refractivity contribution in [1.29, 1.82) is 0 Å². The lowest BCUT2D eigenvalue weighted by atomic mass is 9.76. The zero-order valence-electron chi connectivity index (χ0n) is 15.2. The summed E-state index contributed by atoms with van der Waals surface area (Å²) in [6, 6.07) is 2.10. The van der Waals surface area contributed by atoms with Gasteiger partial charge in [0.1, 0.15) is 5.60 Å². The second-order valence-corrected chi connectivity index (χ2v) is 8.86. The largest absolute Gasteiger partial charge is 0.444 e. The van der Waals surface area contributed by atoms with Crippen molar-refractivity contribution in [2.75, 3.05) is 13.6 Å². The van der Waals surface area contributed by atoms with Crippen LogP contribution in [0.4, 0.5) is 4.79 Å². The molecule has 3 aliphatic rings. The molecule has 2 saturated heterocycles. The summed E-state index contributed by atoms with van der Waals surface area (Å²) in [6.07, 6.45) is 8.21. The Hall–Kier alpha value is -0.810. The molecule has 2 unspecified atom stereocenters. The van der Waals surface area contributed by atoms with Crippen molar-refractivity contribution >= 4 is 6.09 Å². The molecular formula is C18H33N3O2.